The molecule has 1 rings (SSSR count). The number of nitrogens with one attached hydrogen (secondary N) is 3. The van der Waals surface area contributed by atoms with E-state index in [2.05, 4.69) is 76.8 Å². The molecule has 4 unspecified atom stereocenters. The van der Waals surface area contributed by atoms with Gasteiger partial charge in [0.15, 0.2) is 0 Å². The summed E-state index contributed by atoms with van der Waals surface area (Å²) >= 11 is 0. The molecular weight excluding hydrogens is 817 g/mol. The Morgan fingerprint density at radius 3 is 1.97 bits per heavy atom. The fraction of sp³-hybridized carbons (Fsp3) is 0.841. The van der Waals surface area contributed by atoms with Crippen molar-refractivity contribution in [3.63, 3.8) is 0 Å². The number of hydrogen-bond donors (Lipinski definition) is 8. The van der Waals surface area contributed by atoms with Crippen LogP contribution in [0.15, 0.2) is 6.20 Å². The van der Waals surface area contributed by atoms with Gasteiger partial charge in [-0.2, -0.15) is 0 Å². The zero-order valence-electron chi connectivity index (χ0n) is 40.0. The molecule has 1 heterocycles. The number of pyridine rings is 1. The Morgan fingerprint density at radius 2 is 1.44 bits per heavy atom. The van der Waals surface area contributed by atoms with Gasteiger partial charge < -0.3 is 51.2 Å². The fourth-order valence-corrected chi connectivity index (χ4v) is 7.92. The number of nitrogens with zero attached hydrogens (tertiary/aromatic N) is 3. The molecule has 0 saturated heterocycles. The summed E-state index contributed by atoms with van der Waals surface area (Å²) in [6, 6.07) is 0. The van der Waals surface area contributed by atoms with Crippen LogP contribution in [0.2, 0.25) is 0 Å². The van der Waals surface area contributed by atoms with Gasteiger partial charge in [-0.05, 0) is 77.8 Å². The van der Waals surface area contributed by atoms with Gasteiger partial charge in [-0.3, -0.25) is 28.9 Å². The Kier molecular flexibility index (Phi) is 27.3. The van der Waals surface area contributed by atoms with E-state index in [9.17, 15) is 34.2 Å². The second kappa shape index (κ2) is 29.3. The van der Waals surface area contributed by atoms with Gasteiger partial charge in [0.2, 0.25) is 0 Å². The first kappa shape index (κ1) is 57.7. The summed E-state index contributed by atoms with van der Waals surface area (Å²) in [5.41, 5.74) is 7.58. The van der Waals surface area contributed by atoms with E-state index in [1.807, 2.05) is 13.8 Å². The van der Waals surface area contributed by atoms with Crippen LogP contribution in [0.5, 0.6) is 5.75 Å². The van der Waals surface area contributed by atoms with Crippen molar-refractivity contribution in [3.05, 3.63) is 23.0 Å². The number of aliphatic hydroxyl groups excluding tert-OH is 1. The average molecular weight is 904 g/mol. The van der Waals surface area contributed by atoms with Gasteiger partial charge >= 0.3 is 19.8 Å². The van der Waals surface area contributed by atoms with Crippen LogP contribution < -0.4 is 21.7 Å². The van der Waals surface area contributed by atoms with Crippen molar-refractivity contribution in [3.8, 4) is 5.75 Å². The van der Waals surface area contributed by atoms with Gasteiger partial charge in [0.05, 0.1) is 24.1 Å². The highest BCUT2D eigenvalue weighted by molar-refractivity contribution is 7.46. The molecule has 17 nitrogen and oxygen atoms in total. The summed E-state index contributed by atoms with van der Waals surface area (Å²) in [4.78, 5) is 52.3. The molecule has 0 saturated carbocycles. The number of carbonyl (C=O) groups is 2. The van der Waals surface area contributed by atoms with Gasteiger partial charge in [-0.25, -0.2) is 4.57 Å². The van der Waals surface area contributed by atoms with Crippen LogP contribution in [0.25, 0.3) is 0 Å². The molecule has 0 aromatic carbocycles. The zero-order valence-corrected chi connectivity index (χ0v) is 40.9. The number of ether oxygens (including phenoxy) is 2. The smallest absolute Gasteiger partial charge is 0.469 e. The van der Waals surface area contributed by atoms with E-state index < -0.39 is 31.8 Å². The summed E-state index contributed by atoms with van der Waals surface area (Å²) in [7, 11) is -4.70. The van der Waals surface area contributed by atoms with E-state index in [0.29, 0.717) is 68.4 Å². The van der Waals surface area contributed by atoms with Crippen LogP contribution in [0.1, 0.15) is 112 Å². The molecular formula is C44H86N7O10P. The lowest BCUT2D eigenvalue weighted by atomic mass is 9.80. The number of esters is 2. The number of hydrogen-bond acceptors (Lipinski definition) is 15. The maximum atomic E-state index is 12.7. The van der Waals surface area contributed by atoms with Crippen molar-refractivity contribution in [2.75, 3.05) is 85.2 Å². The Morgan fingerprint density at radius 1 is 0.871 bits per heavy atom. The molecule has 0 amide bonds. The van der Waals surface area contributed by atoms with Gasteiger partial charge in [0.1, 0.15) is 25.1 Å². The van der Waals surface area contributed by atoms with Crippen molar-refractivity contribution in [2.24, 2.45) is 29.4 Å². The molecule has 9 N–H and O–H groups in total. The summed E-state index contributed by atoms with van der Waals surface area (Å²) in [6.45, 7) is 29.5. The van der Waals surface area contributed by atoms with Crippen molar-refractivity contribution in [1.82, 2.24) is 30.7 Å². The van der Waals surface area contributed by atoms with Gasteiger partial charge in [0.25, 0.3) is 0 Å². The number of phosphoric acid groups is 1. The largest absolute Gasteiger partial charge is 0.506 e. The van der Waals surface area contributed by atoms with Crippen LogP contribution >= 0.6 is 7.82 Å². The third-order valence-electron chi connectivity index (χ3n) is 12.1. The molecule has 362 valence electrons. The molecule has 1 aromatic heterocycles. The Balaban J connectivity index is 2.86. The van der Waals surface area contributed by atoms with Crippen LogP contribution in [0.3, 0.4) is 0 Å². The third kappa shape index (κ3) is 21.6. The molecule has 1 aromatic rings. The van der Waals surface area contributed by atoms with Crippen LogP contribution in [-0.2, 0) is 41.2 Å². The van der Waals surface area contributed by atoms with E-state index in [4.69, 9.17) is 15.2 Å². The second-order valence-corrected chi connectivity index (χ2v) is 19.3. The quantitative estimate of drug-likeness (QED) is 0.0275. The first-order chi connectivity index (χ1) is 29.0. The van der Waals surface area contributed by atoms with Gasteiger partial charge in [-0.1, -0.05) is 55.4 Å². The maximum absolute atomic E-state index is 12.7. The highest BCUT2D eigenvalue weighted by Crippen LogP contribution is 2.38. The summed E-state index contributed by atoms with van der Waals surface area (Å²) in [5, 5.41) is 31.4. The SMILES string of the molecule is CCC(C)(CCNCCN(CCNCCc1c(COP(=O)(O)O)cnc(C)c1O)CCNCC(C)C(=O)OC[C@H](O)COC(=O)C(C)C(C)C)N(CCN)C(C)(CC)CC(C)C. The highest BCUT2D eigenvalue weighted by atomic mass is 31.2. The number of rotatable bonds is 35. The number of phosphoric ester groups is 1. The number of nitrogens with two attached hydrogens (primary N) is 1. The number of aromatic hydroxyl groups is 1. The Bertz CT molecular complexity index is 1490. The van der Waals surface area contributed by atoms with Crippen LogP contribution in [0.4, 0.5) is 0 Å². The van der Waals surface area contributed by atoms with Crippen LogP contribution in [-0.4, -0.2) is 149 Å². The van der Waals surface area contributed by atoms with Gasteiger partial charge in [-0.15, -0.1) is 0 Å². The molecule has 0 bridgehead atoms. The Labute approximate surface area is 373 Å². The van der Waals surface area contributed by atoms with E-state index in [1.165, 1.54) is 6.20 Å². The number of carbonyl (C=O) groups excluding carboxylic acids is 2. The zero-order chi connectivity index (χ0) is 47.1. The summed E-state index contributed by atoms with van der Waals surface area (Å²) in [5.74, 6) is -0.942. The number of aromatic nitrogens is 1. The highest BCUT2D eigenvalue weighted by Gasteiger charge is 2.41. The molecule has 0 aliphatic carbocycles. The lowest BCUT2D eigenvalue weighted by Crippen LogP contribution is -2.60. The maximum Gasteiger partial charge on any atom is 0.469 e. The standard InChI is InChI=1S/C44H86N7O10P/c1-12-43(10,51(22-16-45)44(11,13-2)26-32(3)4)15-18-47-20-24-50(23-19-46-17-14-39-37(29-61-62(56,57)58)28-49-36(9)40(39)53)25-21-48-27-34(7)41(54)59-30-38(52)31-60-42(55)35(8)33(5)6/h28,32-35,38,46-48,52-53H,12-27,29-31,45H2,1-11H3,(H2,56,57,58)/t34?,35?,38-,43?,44?/m0/s1. The lowest BCUT2D eigenvalue weighted by molar-refractivity contribution is -0.157. The average Bonchev–Trinajstić information content (AvgIpc) is 3.21. The van der Waals surface area contributed by atoms with Gasteiger partial charge in [0, 0.05) is 87.3 Å². The topological polar surface area (TPSA) is 241 Å². The minimum Gasteiger partial charge on any atom is -0.506 e. The van der Waals surface area contributed by atoms with E-state index in [-0.39, 0.29) is 48.5 Å². The number of aryl methyl sites for hydroxylation is 1. The summed E-state index contributed by atoms with van der Waals surface area (Å²) < 4.78 is 26.5. The van der Waals surface area contributed by atoms with Crippen molar-refractivity contribution in [1.29, 1.82) is 0 Å². The third-order valence-corrected chi connectivity index (χ3v) is 12.6. The normalized spacial score (nSPS) is 15.8. The van der Waals surface area contributed by atoms with Crippen molar-refractivity contribution >= 4 is 19.8 Å². The van der Waals surface area contributed by atoms with E-state index in [0.717, 1.165) is 58.4 Å². The van der Waals surface area contributed by atoms with E-state index >= 15 is 0 Å². The molecule has 5 atom stereocenters. The molecule has 0 aliphatic rings. The lowest BCUT2D eigenvalue weighted by Gasteiger charge is -2.52. The Hall–Kier alpha value is -2.28. The first-order valence-corrected chi connectivity index (χ1v) is 24.3. The molecule has 18 heteroatoms. The minimum absolute atomic E-state index is 0.0158. The predicted octanol–water partition coefficient (Wildman–Crippen LogP) is 3.73. The predicted molar refractivity (Wildman–Crippen MR) is 245 cm³/mol. The summed E-state index contributed by atoms with van der Waals surface area (Å²) in [6.07, 6.45) is 4.92. The molecule has 62 heavy (non-hydrogen) atoms. The number of aliphatic hydroxyl groups is 1. The molecule has 0 radical (unpaired) electrons. The molecule has 0 aliphatic heterocycles. The molecule has 0 fully saturated rings. The van der Waals surface area contributed by atoms with Crippen LogP contribution in [0, 0.1) is 30.6 Å². The monoisotopic (exact) mass is 904 g/mol. The van der Waals surface area contributed by atoms with Crippen molar-refractivity contribution in [2.45, 2.75) is 132 Å². The van der Waals surface area contributed by atoms with Crippen molar-refractivity contribution < 1.29 is 48.2 Å². The second-order valence-electron chi connectivity index (χ2n) is 18.1. The fourth-order valence-electron chi connectivity index (χ4n) is 7.61. The van der Waals surface area contributed by atoms with E-state index in [1.54, 1.807) is 20.8 Å². The molecule has 0 spiro atoms. The first-order valence-electron chi connectivity index (χ1n) is 22.7. The minimum atomic E-state index is -4.70.